The summed E-state index contributed by atoms with van der Waals surface area (Å²) >= 11 is 3.21. The van der Waals surface area contributed by atoms with E-state index in [1.54, 1.807) is 12.1 Å². The molecule has 9 heteroatoms. The summed E-state index contributed by atoms with van der Waals surface area (Å²) in [6.07, 6.45) is -4.50. The van der Waals surface area contributed by atoms with E-state index in [1.807, 2.05) is 0 Å². The molecule has 0 atom stereocenters. The number of nitrogens with one attached hydrogen (secondary N) is 1. The van der Waals surface area contributed by atoms with Gasteiger partial charge in [0.25, 0.3) is 0 Å². The van der Waals surface area contributed by atoms with E-state index in [1.165, 1.54) is 38.1 Å². The van der Waals surface area contributed by atoms with E-state index < -0.39 is 32.2 Å². The highest BCUT2D eigenvalue weighted by molar-refractivity contribution is 9.10. The molecule has 0 fully saturated rings. The first-order valence-corrected chi connectivity index (χ1v) is 10.1. The molecule has 0 spiro atoms. The molecule has 0 aliphatic carbocycles. The lowest BCUT2D eigenvalue weighted by Crippen LogP contribution is -2.47. The van der Waals surface area contributed by atoms with Crippen molar-refractivity contribution in [2.24, 2.45) is 0 Å². The highest BCUT2D eigenvalue weighted by Crippen LogP contribution is 2.30. The molecule has 0 aliphatic heterocycles. The van der Waals surface area contributed by atoms with Crippen molar-refractivity contribution >= 4 is 31.7 Å². The number of rotatable bonds is 5. The van der Waals surface area contributed by atoms with Crippen molar-refractivity contribution in [2.75, 3.05) is 0 Å². The SMILES string of the molecule is CC(C)(C(=O)NCc1cccc(C(F)(F)F)c1)S(=O)(=O)c1ccc(Br)cc1. The first-order chi connectivity index (χ1) is 12.4. The average Bonchev–Trinajstić information content (AvgIpc) is 2.59. The second-order valence-electron chi connectivity index (χ2n) is 6.35. The lowest BCUT2D eigenvalue weighted by Gasteiger charge is -2.24. The Hall–Kier alpha value is -1.87. The van der Waals surface area contributed by atoms with Gasteiger partial charge in [0.2, 0.25) is 5.91 Å². The van der Waals surface area contributed by atoms with Crippen LogP contribution < -0.4 is 5.32 Å². The Bertz CT molecular complexity index is 939. The van der Waals surface area contributed by atoms with Crippen LogP contribution in [0.1, 0.15) is 25.0 Å². The first kappa shape index (κ1) is 21.4. The standard InChI is InChI=1S/C18H17BrF3NO3S/c1-17(2,27(25,26)15-8-6-14(19)7-9-15)16(24)23-11-12-4-3-5-13(10-12)18(20,21)22/h3-10H,11H2,1-2H3,(H,23,24). The first-order valence-electron chi connectivity index (χ1n) is 7.80. The molecule has 0 aliphatic rings. The fourth-order valence-corrected chi connectivity index (χ4v) is 3.95. The fourth-order valence-electron chi connectivity index (χ4n) is 2.28. The van der Waals surface area contributed by atoms with Gasteiger partial charge < -0.3 is 5.32 Å². The number of amides is 1. The number of sulfone groups is 1. The second-order valence-corrected chi connectivity index (χ2v) is 9.76. The van der Waals surface area contributed by atoms with Crippen LogP contribution in [0.25, 0.3) is 0 Å². The maximum absolute atomic E-state index is 12.8. The number of halogens is 4. The third kappa shape index (κ3) is 4.70. The number of hydrogen-bond donors (Lipinski definition) is 1. The molecule has 0 saturated heterocycles. The fraction of sp³-hybridized carbons (Fsp3) is 0.278. The quantitative estimate of drug-likeness (QED) is 0.717. The summed E-state index contributed by atoms with van der Waals surface area (Å²) in [6, 6.07) is 10.3. The number of carbonyl (C=O) groups excluding carboxylic acids is 1. The van der Waals surface area contributed by atoms with Crippen LogP contribution >= 0.6 is 15.9 Å². The van der Waals surface area contributed by atoms with E-state index in [0.717, 1.165) is 12.1 Å². The van der Waals surface area contributed by atoms with Gasteiger partial charge in [0.15, 0.2) is 9.84 Å². The third-order valence-electron chi connectivity index (χ3n) is 4.05. The number of benzene rings is 2. The number of hydrogen-bond acceptors (Lipinski definition) is 3. The topological polar surface area (TPSA) is 63.2 Å². The minimum Gasteiger partial charge on any atom is -0.351 e. The van der Waals surface area contributed by atoms with Crippen LogP contribution in [0.3, 0.4) is 0 Å². The number of alkyl halides is 3. The zero-order valence-corrected chi connectivity index (χ0v) is 16.9. The molecule has 0 aromatic heterocycles. The molecule has 0 heterocycles. The van der Waals surface area contributed by atoms with Crippen LogP contribution in [0.5, 0.6) is 0 Å². The molecule has 0 saturated carbocycles. The van der Waals surface area contributed by atoms with Gasteiger partial charge in [-0.2, -0.15) is 13.2 Å². The predicted molar refractivity (Wildman–Crippen MR) is 98.7 cm³/mol. The molecular weight excluding hydrogens is 447 g/mol. The Morgan fingerprint density at radius 2 is 1.67 bits per heavy atom. The highest BCUT2D eigenvalue weighted by atomic mass is 79.9. The molecule has 1 N–H and O–H groups in total. The minimum atomic E-state index is -4.50. The van der Waals surface area contributed by atoms with Crippen LogP contribution in [0.2, 0.25) is 0 Å². The zero-order valence-electron chi connectivity index (χ0n) is 14.5. The van der Waals surface area contributed by atoms with Crippen molar-refractivity contribution < 1.29 is 26.4 Å². The molecule has 1 amide bonds. The maximum Gasteiger partial charge on any atom is 0.416 e. The van der Waals surface area contributed by atoms with E-state index in [0.29, 0.717) is 4.47 Å². The van der Waals surface area contributed by atoms with E-state index in [4.69, 9.17) is 0 Å². The molecule has 2 aromatic rings. The van der Waals surface area contributed by atoms with Gasteiger partial charge in [0.1, 0.15) is 4.75 Å². The second kappa shape index (κ2) is 7.63. The van der Waals surface area contributed by atoms with Gasteiger partial charge in [-0.15, -0.1) is 0 Å². The largest absolute Gasteiger partial charge is 0.416 e. The molecule has 27 heavy (non-hydrogen) atoms. The van der Waals surface area contributed by atoms with Crippen molar-refractivity contribution in [3.8, 4) is 0 Å². The summed E-state index contributed by atoms with van der Waals surface area (Å²) in [5.41, 5.74) is -0.619. The summed E-state index contributed by atoms with van der Waals surface area (Å²) in [4.78, 5) is 12.5. The minimum absolute atomic E-state index is 0.0232. The van der Waals surface area contributed by atoms with Crippen LogP contribution in [0.15, 0.2) is 57.9 Å². The van der Waals surface area contributed by atoms with Crippen molar-refractivity contribution in [2.45, 2.75) is 36.2 Å². The van der Waals surface area contributed by atoms with E-state index >= 15 is 0 Å². The Balaban J connectivity index is 2.18. The monoisotopic (exact) mass is 463 g/mol. The lowest BCUT2D eigenvalue weighted by atomic mass is 10.1. The lowest BCUT2D eigenvalue weighted by molar-refractivity contribution is -0.137. The van der Waals surface area contributed by atoms with Gasteiger partial charge in [0, 0.05) is 11.0 Å². The summed E-state index contributed by atoms with van der Waals surface area (Å²) in [5.74, 6) is -0.803. The molecule has 2 rings (SSSR count). The van der Waals surface area contributed by atoms with Crippen LogP contribution in [-0.2, 0) is 27.4 Å². The molecular formula is C18H17BrF3NO3S. The van der Waals surface area contributed by atoms with Gasteiger partial charge in [-0.25, -0.2) is 8.42 Å². The van der Waals surface area contributed by atoms with Crippen molar-refractivity contribution in [1.29, 1.82) is 0 Å². The molecule has 2 aromatic carbocycles. The average molecular weight is 464 g/mol. The molecule has 0 radical (unpaired) electrons. The smallest absolute Gasteiger partial charge is 0.351 e. The normalized spacial score (nSPS) is 12.7. The Kier molecular flexibility index (Phi) is 6.06. The molecule has 146 valence electrons. The van der Waals surface area contributed by atoms with Gasteiger partial charge in [-0.3, -0.25) is 4.79 Å². The summed E-state index contributed by atoms with van der Waals surface area (Å²) < 4.78 is 62.7. The van der Waals surface area contributed by atoms with Gasteiger partial charge in [-0.05, 0) is 55.8 Å². The van der Waals surface area contributed by atoms with Crippen molar-refractivity contribution in [3.63, 3.8) is 0 Å². The zero-order chi connectivity index (χ0) is 20.5. The Labute approximate surface area is 163 Å². The molecule has 4 nitrogen and oxygen atoms in total. The maximum atomic E-state index is 12.8. The van der Waals surface area contributed by atoms with Gasteiger partial charge >= 0.3 is 6.18 Å². The van der Waals surface area contributed by atoms with E-state index in [-0.39, 0.29) is 17.0 Å². The van der Waals surface area contributed by atoms with Crippen LogP contribution in [0.4, 0.5) is 13.2 Å². The Morgan fingerprint density at radius 1 is 1.07 bits per heavy atom. The van der Waals surface area contributed by atoms with Gasteiger partial charge in [-0.1, -0.05) is 28.1 Å². The molecule has 0 unspecified atom stereocenters. The number of carbonyl (C=O) groups is 1. The summed E-state index contributed by atoms with van der Waals surface area (Å²) in [6.45, 7) is 2.29. The van der Waals surface area contributed by atoms with E-state index in [9.17, 15) is 26.4 Å². The third-order valence-corrected chi connectivity index (χ3v) is 7.00. The van der Waals surface area contributed by atoms with Crippen LogP contribution in [-0.4, -0.2) is 19.1 Å². The van der Waals surface area contributed by atoms with Gasteiger partial charge in [0.05, 0.1) is 10.5 Å². The highest BCUT2D eigenvalue weighted by Gasteiger charge is 2.42. The van der Waals surface area contributed by atoms with Crippen LogP contribution in [0, 0.1) is 0 Å². The Morgan fingerprint density at radius 3 is 2.22 bits per heavy atom. The summed E-state index contributed by atoms with van der Waals surface area (Å²) in [7, 11) is -4.00. The van der Waals surface area contributed by atoms with Crippen molar-refractivity contribution in [1.82, 2.24) is 5.32 Å². The van der Waals surface area contributed by atoms with E-state index in [2.05, 4.69) is 21.2 Å². The predicted octanol–water partition coefficient (Wildman–Crippen LogP) is 4.34. The summed E-state index contributed by atoms with van der Waals surface area (Å²) in [5, 5.41) is 2.41. The molecule has 0 bridgehead atoms. The van der Waals surface area contributed by atoms with Crippen molar-refractivity contribution in [3.05, 3.63) is 64.1 Å².